The van der Waals surface area contributed by atoms with Crippen LogP contribution in [0.25, 0.3) is 0 Å². The summed E-state index contributed by atoms with van der Waals surface area (Å²) in [7, 11) is 0. The highest BCUT2D eigenvalue weighted by Crippen LogP contribution is 2.64. The zero-order chi connectivity index (χ0) is 20.9. The zero-order valence-corrected chi connectivity index (χ0v) is 18.4. The van der Waals surface area contributed by atoms with Gasteiger partial charge in [0.05, 0.1) is 6.54 Å². The third-order valence-corrected chi connectivity index (χ3v) is 9.63. The normalized spacial score (nSPS) is 47.1. The Labute approximate surface area is 175 Å². The van der Waals surface area contributed by atoms with E-state index in [1.807, 2.05) is 6.92 Å². The number of halogens is 1. The first-order valence-corrected chi connectivity index (χ1v) is 11.8. The van der Waals surface area contributed by atoms with Gasteiger partial charge in [-0.15, -0.1) is 0 Å². The van der Waals surface area contributed by atoms with Gasteiger partial charge in [0.1, 0.15) is 6.17 Å². The number of fused-ring (bicyclic) bond motifs is 5. The molecule has 0 radical (unpaired) electrons. The largest absolute Gasteiger partial charge is 0.403 e. The molecule has 4 nitrogen and oxygen atoms in total. The number of alkyl halides is 1. The molecule has 9 atom stereocenters. The maximum Gasteiger partial charge on any atom is 0.157 e. The zero-order valence-electron chi connectivity index (χ0n) is 18.4. The number of nitrogens with zero attached hydrogens (tertiary/aromatic N) is 1. The van der Waals surface area contributed by atoms with Crippen molar-refractivity contribution in [2.75, 3.05) is 6.54 Å². The van der Waals surface area contributed by atoms with Crippen LogP contribution in [0.15, 0.2) is 11.9 Å². The van der Waals surface area contributed by atoms with Gasteiger partial charge in [0, 0.05) is 17.8 Å². The molecule has 0 aliphatic heterocycles. The molecule has 4 aliphatic rings. The molecule has 4 fully saturated rings. The number of hydrogen-bond donors (Lipinski definition) is 2. The third kappa shape index (κ3) is 3.51. The highest BCUT2D eigenvalue weighted by Gasteiger charge is 2.59. The van der Waals surface area contributed by atoms with E-state index in [4.69, 9.17) is 11.6 Å². The molecule has 0 amide bonds. The van der Waals surface area contributed by atoms with Crippen LogP contribution in [-0.2, 0) is 4.79 Å². The quantitative estimate of drug-likeness (QED) is 0.537. The molecule has 29 heavy (non-hydrogen) atoms. The monoisotopic (exact) mass is 405 g/mol. The summed E-state index contributed by atoms with van der Waals surface area (Å²) < 4.78 is 15.3. The number of hydrazine groups is 1. The summed E-state index contributed by atoms with van der Waals surface area (Å²) in [5.41, 5.74) is 6.27. The Balaban J connectivity index is 1.50. The molecule has 4 rings (SSSR count). The van der Waals surface area contributed by atoms with Crippen LogP contribution in [0.3, 0.4) is 0 Å². The van der Waals surface area contributed by atoms with Crippen LogP contribution in [0.2, 0.25) is 0 Å². The minimum Gasteiger partial charge on any atom is -0.403 e. The van der Waals surface area contributed by atoms with Crippen LogP contribution in [-0.4, -0.2) is 23.5 Å². The molecule has 8 unspecified atom stereocenters. The van der Waals surface area contributed by atoms with E-state index in [1.165, 1.54) is 30.5 Å². The van der Waals surface area contributed by atoms with Crippen molar-refractivity contribution < 1.29 is 9.18 Å². The van der Waals surface area contributed by atoms with Gasteiger partial charge in [-0.1, -0.05) is 20.3 Å². The highest BCUT2D eigenvalue weighted by molar-refractivity contribution is 5.84. The Morgan fingerprint density at radius 2 is 1.83 bits per heavy atom. The molecule has 164 valence electrons. The van der Waals surface area contributed by atoms with Crippen molar-refractivity contribution >= 4 is 5.78 Å². The van der Waals surface area contributed by atoms with E-state index < -0.39 is 6.17 Å². The molecule has 4 saturated carbocycles. The van der Waals surface area contributed by atoms with Crippen molar-refractivity contribution in [1.82, 2.24) is 5.01 Å². The standard InChI is InChI=1S/C24H40FN3O/c1-14-4-5-16-17-8-9-24(3)20(18(17)11-22(25)19(16)10-14)6-7-21(24)23(29)13-28(27)15(2)12-26/h12,14,16-22H,4-11,13,26-27H2,1-3H3/b15-12-/t14?,16?,17?,18-,19?,20?,21?,22?,24?/m1/s1. The lowest BCUT2D eigenvalue weighted by Crippen LogP contribution is -2.52. The van der Waals surface area contributed by atoms with Gasteiger partial charge in [0.15, 0.2) is 5.78 Å². The maximum atomic E-state index is 15.3. The van der Waals surface area contributed by atoms with Crippen LogP contribution in [0.4, 0.5) is 4.39 Å². The number of carbonyl (C=O) groups is 1. The van der Waals surface area contributed by atoms with Crippen molar-refractivity contribution in [2.45, 2.75) is 78.3 Å². The smallest absolute Gasteiger partial charge is 0.157 e. The fraction of sp³-hybridized carbons (Fsp3) is 0.875. The van der Waals surface area contributed by atoms with Crippen molar-refractivity contribution in [2.24, 2.45) is 58.4 Å². The van der Waals surface area contributed by atoms with E-state index in [2.05, 4.69) is 13.8 Å². The Morgan fingerprint density at radius 1 is 1.10 bits per heavy atom. The first-order chi connectivity index (χ1) is 13.8. The van der Waals surface area contributed by atoms with Gasteiger partial charge < -0.3 is 10.7 Å². The summed E-state index contributed by atoms with van der Waals surface area (Å²) >= 11 is 0. The van der Waals surface area contributed by atoms with Crippen molar-refractivity contribution in [3.05, 3.63) is 11.9 Å². The molecular formula is C24H40FN3O. The molecule has 0 saturated heterocycles. The second kappa shape index (κ2) is 7.86. The molecule has 0 bridgehead atoms. The van der Waals surface area contributed by atoms with E-state index in [0.29, 0.717) is 41.2 Å². The lowest BCUT2D eigenvalue weighted by atomic mass is 9.49. The Kier molecular flexibility index (Phi) is 5.73. The molecule has 5 heteroatoms. The van der Waals surface area contributed by atoms with Gasteiger partial charge >= 0.3 is 0 Å². The van der Waals surface area contributed by atoms with Crippen LogP contribution in [0.1, 0.15) is 72.1 Å². The molecule has 4 N–H and O–H groups in total. The topological polar surface area (TPSA) is 72.3 Å². The second-order valence-electron chi connectivity index (χ2n) is 11.0. The number of nitrogens with two attached hydrogens (primary N) is 2. The number of Topliss-reactive ketones (excluding diaryl/α,β-unsaturated/α-hetero) is 1. The van der Waals surface area contributed by atoms with Crippen LogP contribution >= 0.6 is 0 Å². The lowest BCUT2D eigenvalue weighted by Gasteiger charge is -2.57. The van der Waals surface area contributed by atoms with E-state index in [1.54, 1.807) is 0 Å². The summed E-state index contributed by atoms with van der Waals surface area (Å²) in [5, 5.41) is 1.47. The fourth-order valence-electron chi connectivity index (χ4n) is 8.05. The molecule has 0 aromatic carbocycles. The predicted octanol–water partition coefficient (Wildman–Crippen LogP) is 4.40. The first kappa shape index (κ1) is 21.1. The SMILES string of the molecule is C/C(=C/N)N(N)CC(=O)C1CCC2[C@@H]3CC(F)C4CC(C)CCC4C3CCC12C. The van der Waals surface area contributed by atoms with Crippen LogP contribution in [0.5, 0.6) is 0 Å². The lowest BCUT2D eigenvalue weighted by molar-refractivity contribution is -0.133. The molecule has 0 aromatic heterocycles. The number of rotatable bonds is 4. The van der Waals surface area contributed by atoms with E-state index in [-0.39, 0.29) is 23.7 Å². The van der Waals surface area contributed by atoms with Crippen molar-refractivity contribution in [3.63, 3.8) is 0 Å². The maximum absolute atomic E-state index is 15.3. The molecule has 4 aliphatic carbocycles. The average molecular weight is 406 g/mol. The predicted molar refractivity (Wildman–Crippen MR) is 114 cm³/mol. The fourth-order valence-corrected chi connectivity index (χ4v) is 8.05. The van der Waals surface area contributed by atoms with Crippen molar-refractivity contribution in [1.29, 1.82) is 0 Å². The Morgan fingerprint density at radius 3 is 2.55 bits per heavy atom. The van der Waals surface area contributed by atoms with E-state index >= 15 is 4.39 Å². The summed E-state index contributed by atoms with van der Waals surface area (Å²) in [6, 6.07) is 0. The van der Waals surface area contributed by atoms with Gasteiger partial charge in [0.25, 0.3) is 0 Å². The number of hydrogen-bond acceptors (Lipinski definition) is 4. The van der Waals surface area contributed by atoms with E-state index in [9.17, 15) is 4.79 Å². The van der Waals surface area contributed by atoms with Gasteiger partial charge in [-0.25, -0.2) is 10.2 Å². The summed E-state index contributed by atoms with van der Waals surface area (Å²) in [5.74, 6) is 9.50. The number of allylic oxidation sites excluding steroid dienone is 1. The van der Waals surface area contributed by atoms with E-state index in [0.717, 1.165) is 32.1 Å². The summed E-state index contributed by atoms with van der Waals surface area (Å²) in [4.78, 5) is 13.2. The molecule has 0 heterocycles. The minimum absolute atomic E-state index is 0.00788. The molecule has 0 aromatic rings. The molecule has 0 spiro atoms. The summed E-state index contributed by atoms with van der Waals surface area (Å²) in [6.07, 6.45) is 9.40. The van der Waals surface area contributed by atoms with Gasteiger partial charge in [-0.3, -0.25) is 4.79 Å². The van der Waals surface area contributed by atoms with Gasteiger partial charge in [-0.05, 0) is 92.8 Å². The minimum atomic E-state index is -0.641. The molecular weight excluding hydrogens is 365 g/mol. The Bertz CT molecular complexity index is 667. The van der Waals surface area contributed by atoms with Gasteiger partial charge in [-0.2, -0.15) is 0 Å². The second-order valence-corrected chi connectivity index (χ2v) is 11.0. The highest BCUT2D eigenvalue weighted by atomic mass is 19.1. The van der Waals surface area contributed by atoms with Crippen LogP contribution in [0, 0.1) is 46.8 Å². The van der Waals surface area contributed by atoms with Crippen LogP contribution < -0.4 is 11.6 Å². The third-order valence-electron chi connectivity index (χ3n) is 9.63. The van der Waals surface area contributed by atoms with Crippen molar-refractivity contribution in [3.8, 4) is 0 Å². The number of ketones is 1. The first-order valence-electron chi connectivity index (χ1n) is 11.8. The number of carbonyl (C=O) groups excluding carboxylic acids is 1. The average Bonchev–Trinajstić information content (AvgIpc) is 3.05. The summed E-state index contributed by atoms with van der Waals surface area (Å²) in [6.45, 7) is 6.65. The Hall–Kier alpha value is -1.10. The van der Waals surface area contributed by atoms with Gasteiger partial charge in [0.2, 0.25) is 0 Å².